The van der Waals surface area contributed by atoms with Crippen LogP contribution in [-0.2, 0) is 5.41 Å². The Balaban J connectivity index is 2.57. The number of nitrogens with two attached hydrogens (primary N) is 1. The highest BCUT2D eigenvalue weighted by atomic mass is 16.3. The lowest BCUT2D eigenvalue weighted by molar-refractivity contribution is 0.214. The number of anilines is 1. The van der Waals surface area contributed by atoms with Crippen molar-refractivity contribution in [3.8, 4) is 5.69 Å². The van der Waals surface area contributed by atoms with E-state index in [1.807, 2.05) is 51.1 Å². The second-order valence-electron chi connectivity index (χ2n) is 5.15. The van der Waals surface area contributed by atoms with E-state index in [0.717, 1.165) is 16.9 Å². The number of hydrogen-bond donors (Lipinski definition) is 2. The van der Waals surface area contributed by atoms with Gasteiger partial charge in [-0.3, -0.25) is 0 Å². The van der Waals surface area contributed by atoms with Gasteiger partial charge in [0.1, 0.15) is 5.82 Å². The first-order chi connectivity index (χ1) is 8.47. The molecule has 4 heteroatoms. The Morgan fingerprint density at radius 2 is 1.89 bits per heavy atom. The number of nitrogens with zero attached hydrogens (tertiary/aromatic N) is 2. The fraction of sp³-hybridized carbons (Fsp3) is 0.357. The van der Waals surface area contributed by atoms with E-state index >= 15 is 0 Å². The van der Waals surface area contributed by atoms with Crippen LogP contribution in [0.5, 0.6) is 0 Å². The van der Waals surface area contributed by atoms with Gasteiger partial charge in [-0.2, -0.15) is 5.10 Å². The lowest BCUT2D eigenvalue weighted by Crippen LogP contribution is -2.24. The van der Waals surface area contributed by atoms with Crippen LogP contribution in [0.3, 0.4) is 0 Å². The third-order valence-corrected chi connectivity index (χ3v) is 3.20. The van der Waals surface area contributed by atoms with E-state index in [1.54, 1.807) is 4.68 Å². The largest absolute Gasteiger partial charge is 0.395 e. The van der Waals surface area contributed by atoms with Crippen molar-refractivity contribution in [2.45, 2.75) is 26.2 Å². The summed E-state index contributed by atoms with van der Waals surface area (Å²) >= 11 is 0. The quantitative estimate of drug-likeness (QED) is 0.869. The van der Waals surface area contributed by atoms with E-state index in [2.05, 4.69) is 5.10 Å². The fourth-order valence-electron chi connectivity index (χ4n) is 1.99. The maximum atomic E-state index is 9.45. The Morgan fingerprint density at radius 3 is 2.44 bits per heavy atom. The van der Waals surface area contributed by atoms with Gasteiger partial charge in [-0.15, -0.1) is 0 Å². The molecule has 0 radical (unpaired) electrons. The first kappa shape index (κ1) is 12.6. The standard InChI is InChI=1S/C14H19N3O/c1-10-12(14(2,3)9-18)16-17(13(10)15)11-7-5-4-6-8-11/h4-8,18H,9,15H2,1-3H3. The molecule has 1 aromatic heterocycles. The Hall–Kier alpha value is -1.81. The van der Waals surface area contributed by atoms with Gasteiger partial charge >= 0.3 is 0 Å². The van der Waals surface area contributed by atoms with Crippen molar-refractivity contribution < 1.29 is 5.11 Å². The zero-order chi connectivity index (χ0) is 13.3. The van der Waals surface area contributed by atoms with E-state index in [-0.39, 0.29) is 6.61 Å². The van der Waals surface area contributed by atoms with E-state index in [4.69, 9.17) is 5.73 Å². The van der Waals surface area contributed by atoms with Crippen LogP contribution in [0.4, 0.5) is 5.82 Å². The average Bonchev–Trinajstić information content (AvgIpc) is 2.68. The molecule has 0 bridgehead atoms. The predicted molar refractivity (Wildman–Crippen MR) is 72.8 cm³/mol. The van der Waals surface area contributed by atoms with Crippen molar-refractivity contribution >= 4 is 5.82 Å². The van der Waals surface area contributed by atoms with Gasteiger partial charge in [0.15, 0.2) is 0 Å². The molecular weight excluding hydrogens is 226 g/mol. The van der Waals surface area contributed by atoms with Crippen LogP contribution in [0, 0.1) is 6.92 Å². The fourth-order valence-corrected chi connectivity index (χ4v) is 1.99. The second-order valence-corrected chi connectivity index (χ2v) is 5.15. The summed E-state index contributed by atoms with van der Waals surface area (Å²) in [6.45, 7) is 5.89. The van der Waals surface area contributed by atoms with Crippen LogP contribution in [-0.4, -0.2) is 21.5 Å². The highest BCUT2D eigenvalue weighted by Crippen LogP contribution is 2.29. The van der Waals surface area contributed by atoms with E-state index in [1.165, 1.54) is 0 Å². The summed E-state index contributed by atoms with van der Waals surface area (Å²) in [7, 11) is 0. The van der Waals surface area contributed by atoms with E-state index in [9.17, 15) is 5.11 Å². The minimum absolute atomic E-state index is 0.0408. The summed E-state index contributed by atoms with van der Waals surface area (Å²) < 4.78 is 1.72. The number of nitrogen functional groups attached to an aromatic ring is 1. The van der Waals surface area contributed by atoms with Gasteiger partial charge in [0.2, 0.25) is 0 Å². The molecule has 1 heterocycles. The summed E-state index contributed by atoms with van der Waals surface area (Å²) in [6.07, 6.45) is 0. The van der Waals surface area contributed by atoms with E-state index in [0.29, 0.717) is 5.82 Å². The Labute approximate surface area is 107 Å². The van der Waals surface area contributed by atoms with Crippen molar-refractivity contribution in [3.05, 3.63) is 41.6 Å². The van der Waals surface area contributed by atoms with Crippen molar-refractivity contribution in [3.63, 3.8) is 0 Å². The van der Waals surface area contributed by atoms with Gasteiger partial charge < -0.3 is 10.8 Å². The molecule has 4 nitrogen and oxygen atoms in total. The molecule has 18 heavy (non-hydrogen) atoms. The van der Waals surface area contributed by atoms with Gasteiger partial charge in [-0.1, -0.05) is 32.0 Å². The van der Waals surface area contributed by atoms with Gasteiger partial charge in [0.25, 0.3) is 0 Å². The van der Waals surface area contributed by atoms with Crippen LogP contribution in [0.1, 0.15) is 25.1 Å². The number of aliphatic hydroxyl groups excluding tert-OH is 1. The van der Waals surface area contributed by atoms with Gasteiger partial charge in [0, 0.05) is 11.0 Å². The van der Waals surface area contributed by atoms with Gasteiger partial charge in [-0.05, 0) is 19.1 Å². The molecule has 3 N–H and O–H groups in total. The number of aliphatic hydroxyl groups is 1. The monoisotopic (exact) mass is 245 g/mol. The Bertz CT molecular complexity index is 544. The summed E-state index contributed by atoms with van der Waals surface area (Å²) in [5.41, 5.74) is 8.41. The third kappa shape index (κ3) is 1.99. The molecule has 0 unspecified atom stereocenters. The molecule has 2 rings (SSSR count). The van der Waals surface area contributed by atoms with Crippen LogP contribution < -0.4 is 5.73 Å². The third-order valence-electron chi connectivity index (χ3n) is 3.20. The zero-order valence-electron chi connectivity index (χ0n) is 11.0. The number of para-hydroxylation sites is 1. The Morgan fingerprint density at radius 1 is 1.28 bits per heavy atom. The molecular formula is C14H19N3O. The number of aromatic nitrogens is 2. The first-order valence-electron chi connectivity index (χ1n) is 5.99. The summed E-state index contributed by atoms with van der Waals surface area (Å²) in [5.74, 6) is 0.623. The minimum atomic E-state index is -0.391. The smallest absolute Gasteiger partial charge is 0.130 e. The summed E-state index contributed by atoms with van der Waals surface area (Å²) in [4.78, 5) is 0. The molecule has 0 saturated carbocycles. The molecule has 0 aliphatic carbocycles. The minimum Gasteiger partial charge on any atom is -0.395 e. The van der Waals surface area contributed by atoms with Crippen molar-refractivity contribution in [2.75, 3.05) is 12.3 Å². The first-order valence-corrected chi connectivity index (χ1v) is 5.99. The lowest BCUT2D eigenvalue weighted by Gasteiger charge is -2.19. The summed E-state index contributed by atoms with van der Waals surface area (Å²) in [5, 5.41) is 14.0. The van der Waals surface area contributed by atoms with Crippen molar-refractivity contribution in [1.29, 1.82) is 0 Å². The maximum Gasteiger partial charge on any atom is 0.130 e. The SMILES string of the molecule is Cc1c(C(C)(C)CO)nn(-c2ccccc2)c1N. The maximum absolute atomic E-state index is 9.45. The molecule has 2 aromatic rings. The molecule has 0 aliphatic rings. The Kier molecular flexibility index (Phi) is 3.13. The predicted octanol–water partition coefficient (Wildman–Crippen LogP) is 2.03. The molecule has 0 saturated heterocycles. The number of benzene rings is 1. The average molecular weight is 245 g/mol. The molecule has 0 aliphatic heterocycles. The van der Waals surface area contributed by atoms with Crippen LogP contribution in [0.25, 0.3) is 5.69 Å². The molecule has 96 valence electrons. The summed E-state index contributed by atoms with van der Waals surface area (Å²) in [6, 6.07) is 9.76. The number of rotatable bonds is 3. The highest BCUT2D eigenvalue weighted by molar-refractivity contribution is 5.50. The number of hydrogen-bond acceptors (Lipinski definition) is 3. The highest BCUT2D eigenvalue weighted by Gasteiger charge is 2.27. The molecule has 0 spiro atoms. The van der Waals surface area contributed by atoms with Crippen LogP contribution >= 0.6 is 0 Å². The van der Waals surface area contributed by atoms with Crippen LogP contribution in [0.15, 0.2) is 30.3 Å². The molecule has 0 fully saturated rings. The molecule has 0 atom stereocenters. The molecule has 0 amide bonds. The van der Waals surface area contributed by atoms with Gasteiger partial charge in [-0.25, -0.2) is 4.68 Å². The second kappa shape index (κ2) is 4.46. The zero-order valence-corrected chi connectivity index (χ0v) is 11.0. The van der Waals surface area contributed by atoms with Gasteiger partial charge in [0.05, 0.1) is 18.0 Å². The topological polar surface area (TPSA) is 64.1 Å². The lowest BCUT2D eigenvalue weighted by atomic mass is 9.88. The van der Waals surface area contributed by atoms with Crippen molar-refractivity contribution in [2.24, 2.45) is 0 Å². The van der Waals surface area contributed by atoms with Crippen molar-refractivity contribution in [1.82, 2.24) is 9.78 Å². The normalized spacial score (nSPS) is 11.8. The van der Waals surface area contributed by atoms with Crippen LogP contribution in [0.2, 0.25) is 0 Å². The molecule has 1 aromatic carbocycles. The van der Waals surface area contributed by atoms with E-state index < -0.39 is 5.41 Å².